The lowest BCUT2D eigenvalue weighted by atomic mass is 9.76. The number of imide groups is 1. The maximum Gasteiger partial charge on any atom is 0.325 e. The molecule has 1 saturated heterocycles. The van der Waals surface area contributed by atoms with Gasteiger partial charge in [-0.2, -0.15) is 0 Å². The Morgan fingerprint density at radius 2 is 1.73 bits per heavy atom. The summed E-state index contributed by atoms with van der Waals surface area (Å²) in [6.45, 7) is 5.74. The molecule has 3 N–H and O–H groups in total. The Morgan fingerprint density at radius 3 is 2.42 bits per heavy atom. The van der Waals surface area contributed by atoms with Crippen molar-refractivity contribution in [2.24, 2.45) is 0 Å². The fraction of sp³-hybridized carbons (Fsp3) is 0.360. The van der Waals surface area contributed by atoms with Crippen molar-refractivity contribution in [2.75, 3.05) is 6.54 Å². The molecule has 172 valence electrons. The van der Waals surface area contributed by atoms with E-state index >= 15 is 0 Å². The quantitative estimate of drug-likeness (QED) is 0.495. The molecule has 0 radical (unpaired) electrons. The average Bonchev–Trinajstić information content (AvgIpc) is 3.02. The molecule has 0 bridgehead atoms. The third kappa shape index (κ3) is 4.20. The number of nitrogens with one attached hydrogen (secondary N) is 3. The van der Waals surface area contributed by atoms with Gasteiger partial charge >= 0.3 is 6.03 Å². The summed E-state index contributed by atoms with van der Waals surface area (Å²) in [5.41, 5.74) is 6.73. The van der Waals surface area contributed by atoms with Crippen LogP contribution in [0.4, 0.5) is 4.79 Å². The molecule has 0 aromatic heterocycles. The number of nitrogens with zero attached hydrogens (tertiary/aromatic N) is 1. The third-order valence-corrected chi connectivity index (χ3v) is 6.28. The number of hydrogen-bond acceptors (Lipinski definition) is 4. The van der Waals surface area contributed by atoms with Crippen LogP contribution in [0.3, 0.4) is 0 Å². The second-order valence-electron chi connectivity index (χ2n) is 9.57. The van der Waals surface area contributed by atoms with Crippen LogP contribution in [0, 0.1) is 0 Å². The number of benzene rings is 2. The first-order valence-electron chi connectivity index (χ1n) is 11.0. The van der Waals surface area contributed by atoms with E-state index in [9.17, 15) is 19.2 Å². The van der Waals surface area contributed by atoms with Crippen molar-refractivity contribution >= 4 is 23.8 Å². The molecule has 0 unspecified atom stereocenters. The number of carbonyl (C=O) groups is 4. The van der Waals surface area contributed by atoms with Gasteiger partial charge in [-0.3, -0.25) is 30.1 Å². The van der Waals surface area contributed by atoms with Crippen LogP contribution in [0.5, 0.6) is 0 Å². The fourth-order valence-electron chi connectivity index (χ4n) is 4.46. The van der Waals surface area contributed by atoms with E-state index in [2.05, 4.69) is 36.9 Å². The summed E-state index contributed by atoms with van der Waals surface area (Å²) in [6.07, 6.45) is 2.07. The summed E-state index contributed by atoms with van der Waals surface area (Å²) < 4.78 is 0. The maximum atomic E-state index is 13.2. The first kappa shape index (κ1) is 22.5. The Bertz CT molecular complexity index is 1120. The molecule has 5 amide bonds. The number of rotatable bonds is 3. The van der Waals surface area contributed by atoms with Crippen LogP contribution in [-0.2, 0) is 27.0 Å². The van der Waals surface area contributed by atoms with Crippen LogP contribution < -0.4 is 16.2 Å². The average molecular weight is 449 g/mol. The Hall–Kier alpha value is -3.68. The van der Waals surface area contributed by atoms with Gasteiger partial charge in [-0.1, -0.05) is 57.2 Å². The first-order valence-corrected chi connectivity index (χ1v) is 11.0. The van der Waals surface area contributed by atoms with Gasteiger partial charge < -0.3 is 5.32 Å². The molecule has 33 heavy (non-hydrogen) atoms. The maximum absolute atomic E-state index is 13.2. The van der Waals surface area contributed by atoms with Crippen LogP contribution >= 0.6 is 0 Å². The molecule has 8 nitrogen and oxygen atoms in total. The van der Waals surface area contributed by atoms with Crippen molar-refractivity contribution in [3.63, 3.8) is 0 Å². The zero-order chi connectivity index (χ0) is 23.8. The zero-order valence-electron chi connectivity index (χ0n) is 19.0. The lowest BCUT2D eigenvalue weighted by molar-refractivity contribution is -0.135. The molecule has 1 aliphatic heterocycles. The van der Waals surface area contributed by atoms with Crippen LogP contribution in [0.25, 0.3) is 0 Å². The summed E-state index contributed by atoms with van der Waals surface area (Å²) in [5.74, 6) is -1.60. The monoisotopic (exact) mass is 448 g/mol. The Kier molecular flexibility index (Phi) is 5.69. The zero-order valence-corrected chi connectivity index (χ0v) is 19.0. The number of aryl methyl sites for hydroxylation is 1. The largest absolute Gasteiger partial charge is 0.325 e. The highest BCUT2D eigenvalue weighted by Crippen LogP contribution is 2.39. The SMILES string of the molecule is CC(C)(C)c1ccc(C(=O)NNC(=O)CN2C(=O)N[C@@]3(CCCc4ccccc43)C2=O)cc1. The lowest BCUT2D eigenvalue weighted by Crippen LogP contribution is -2.49. The van der Waals surface area contributed by atoms with Crippen LogP contribution in [0.1, 0.15) is 60.7 Å². The van der Waals surface area contributed by atoms with E-state index in [1.54, 1.807) is 12.1 Å². The highest BCUT2D eigenvalue weighted by molar-refractivity contribution is 6.09. The first-order chi connectivity index (χ1) is 15.6. The molecule has 1 atom stereocenters. The number of hydrogen-bond donors (Lipinski definition) is 3. The highest BCUT2D eigenvalue weighted by atomic mass is 16.2. The Balaban J connectivity index is 1.39. The van der Waals surface area contributed by atoms with Gasteiger partial charge in [0, 0.05) is 5.56 Å². The van der Waals surface area contributed by atoms with E-state index in [0.29, 0.717) is 12.0 Å². The van der Waals surface area contributed by atoms with Crippen molar-refractivity contribution < 1.29 is 19.2 Å². The highest BCUT2D eigenvalue weighted by Gasteiger charge is 2.54. The summed E-state index contributed by atoms with van der Waals surface area (Å²) in [7, 11) is 0. The van der Waals surface area contributed by atoms with Gasteiger partial charge in [0.05, 0.1) is 0 Å². The Labute approximate surface area is 192 Å². The molecular formula is C25H28N4O4. The molecule has 1 heterocycles. The van der Waals surface area contributed by atoms with Gasteiger partial charge in [-0.05, 0) is 53.5 Å². The van der Waals surface area contributed by atoms with Crippen LogP contribution in [0.15, 0.2) is 48.5 Å². The predicted molar refractivity (Wildman–Crippen MR) is 122 cm³/mol. The number of fused-ring (bicyclic) bond motifs is 2. The molecule has 1 aliphatic carbocycles. The van der Waals surface area contributed by atoms with Gasteiger partial charge in [0.2, 0.25) is 0 Å². The molecule has 2 aliphatic rings. The molecule has 1 fully saturated rings. The van der Waals surface area contributed by atoms with Crippen molar-refractivity contribution in [1.29, 1.82) is 0 Å². The van der Waals surface area contributed by atoms with E-state index in [-0.39, 0.29) is 5.41 Å². The van der Waals surface area contributed by atoms with Gasteiger partial charge in [0.25, 0.3) is 17.7 Å². The normalized spacial score (nSPS) is 19.8. The van der Waals surface area contributed by atoms with Gasteiger partial charge in [-0.15, -0.1) is 0 Å². The summed E-state index contributed by atoms with van der Waals surface area (Å²) in [6, 6.07) is 14.0. The van der Waals surface area contributed by atoms with Crippen LogP contribution in [-0.4, -0.2) is 35.2 Å². The minimum absolute atomic E-state index is 0.0394. The molecule has 8 heteroatoms. The minimum atomic E-state index is -1.13. The Morgan fingerprint density at radius 1 is 1.03 bits per heavy atom. The van der Waals surface area contributed by atoms with Gasteiger partial charge in [-0.25, -0.2) is 4.79 Å². The number of amides is 5. The minimum Gasteiger partial charge on any atom is -0.319 e. The summed E-state index contributed by atoms with van der Waals surface area (Å²) >= 11 is 0. The summed E-state index contributed by atoms with van der Waals surface area (Å²) in [5, 5.41) is 2.81. The molecule has 4 rings (SSSR count). The van der Waals surface area contributed by atoms with Crippen molar-refractivity contribution in [1.82, 2.24) is 21.1 Å². The standard InChI is InChI=1S/C25H28N4O4/c1-24(2,3)18-12-10-17(11-13-18)21(31)28-27-20(30)15-29-22(32)25(26-23(29)33)14-6-8-16-7-4-5-9-19(16)25/h4-5,7,9-13H,6,8,14-15H2,1-3H3,(H,26,33)(H,27,30)(H,28,31)/t25-/m1/s1. The van der Waals surface area contributed by atoms with Crippen LogP contribution in [0.2, 0.25) is 0 Å². The number of hydrazine groups is 1. The third-order valence-electron chi connectivity index (χ3n) is 6.28. The van der Waals surface area contributed by atoms with Crippen molar-refractivity contribution in [3.05, 3.63) is 70.8 Å². The molecule has 1 spiro atoms. The van der Waals surface area contributed by atoms with E-state index < -0.39 is 35.8 Å². The lowest BCUT2D eigenvalue weighted by Gasteiger charge is -2.33. The second kappa shape index (κ2) is 8.35. The van der Waals surface area contributed by atoms with E-state index in [1.165, 1.54) is 0 Å². The molecular weight excluding hydrogens is 420 g/mol. The predicted octanol–water partition coefficient (Wildman–Crippen LogP) is 2.53. The van der Waals surface area contributed by atoms with Crippen molar-refractivity contribution in [3.8, 4) is 0 Å². The smallest absolute Gasteiger partial charge is 0.319 e. The van der Waals surface area contributed by atoms with Gasteiger partial charge in [0.1, 0.15) is 12.1 Å². The summed E-state index contributed by atoms with van der Waals surface area (Å²) in [4.78, 5) is 51.5. The fourth-order valence-corrected chi connectivity index (χ4v) is 4.46. The number of urea groups is 1. The van der Waals surface area contributed by atoms with E-state index in [1.807, 2.05) is 36.4 Å². The van der Waals surface area contributed by atoms with Crippen molar-refractivity contribution in [2.45, 2.75) is 51.0 Å². The molecule has 2 aromatic carbocycles. The number of carbonyl (C=O) groups excluding carboxylic acids is 4. The van der Waals surface area contributed by atoms with E-state index in [4.69, 9.17) is 0 Å². The topological polar surface area (TPSA) is 108 Å². The second-order valence-corrected chi connectivity index (χ2v) is 9.57. The van der Waals surface area contributed by atoms with Gasteiger partial charge in [0.15, 0.2) is 0 Å². The van der Waals surface area contributed by atoms with E-state index in [0.717, 1.165) is 34.4 Å². The molecule has 0 saturated carbocycles. The molecule has 2 aromatic rings.